The molecule has 0 aliphatic carbocycles. The van der Waals surface area contributed by atoms with Crippen LogP contribution in [0, 0.1) is 6.92 Å². The van der Waals surface area contributed by atoms with Crippen molar-refractivity contribution < 1.29 is 4.79 Å². The fraction of sp³-hybridized carbons (Fsp3) is 0.286. The van der Waals surface area contributed by atoms with Crippen molar-refractivity contribution in [2.24, 2.45) is 0 Å². The van der Waals surface area contributed by atoms with Crippen molar-refractivity contribution in [1.29, 1.82) is 0 Å². The van der Waals surface area contributed by atoms with Gasteiger partial charge in [0.2, 0.25) is 11.1 Å². The summed E-state index contributed by atoms with van der Waals surface area (Å²) in [4.78, 5) is 16.8. The third-order valence-corrected chi connectivity index (χ3v) is 5.35. The van der Waals surface area contributed by atoms with Gasteiger partial charge in [-0.3, -0.25) is 9.89 Å². The third kappa shape index (κ3) is 4.98. The second kappa shape index (κ2) is 8.86. The van der Waals surface area contributed by atoms with Gasteiger partial charge in [0.25, 0.3) is 0 Å². The molecule has 0 spiro atoms. The quantitative estimate of drug-likeness (QED) is 0.564. The first-order chi connectivity index (χ1) is 13.1. The van der Waals surface area contributed by atoms with Crippen LogP contribution in [0.25, 0.3) is 11.4 Å². The van der Waals surface area contributed by atoms with Crippen LogP contribution in [0.1, 0.15) is 37.3 Å². The van der Waals surface area contributed by atoms with E-state index in [9.17, 15) is 4.79 Å². The molecule has 2 N–H and O–H groups in total. The highest BCUT2D eigenvalue weighted by molar-refractivity contribution is 7.99. The van der Waals surface area contributed by atoms with Gasteiger partial charge in [-0.25, -0.2) is 4.98 Å². The van der Waals surface area contributed by atoms with E-state index in [1.165, 1.54) is 17.3 Å². The molecule has 0 saturated carbocycles. The van der Waals surface area contributed by atoms with Crippen molar-refractivity contribution in [2.45, 2.75) is 38.3 Å². The van der Waals surface area contributed by atoms with Crippen molar-refractivity contribution in [2.75, 3.05) is 11.1 Å². The average molecular weight is 381 g/mol. The highest BCUT2D eigenvalue weighted by atomic mass is 32.2. The molecule has 0 aliphatic heterocycles. The van der Waals surface area contributed by atoms with Gasteiger partial charge in [-0.05, 0) is 30.9 Å². The number of H-pyrrole nitrogens is 1. The summed E-state index contributed by atoms with van der Waals surface area (Å²) in [5.74, 6) is 1.32. The van der Waals surface area contributed by atoms with Gasteiger partial charge in [-0.1, -0.05) is 73.6 Å². The number of carbonyl (C=O) groups is 1. The van der Waals surface area contributed by atoms with Crippen LogP contribution in [-0.4, -0.2) is 26.8 Å². The highest BCUT2D eigenvalue weighted by Crippen LogP contribution is 2.27. The molecule has 3 rings (SSSR count). The van der Waals surface area contributed by atoms with Crippen molar-refractivity contribution in [3.63, 3.8) is 0 Å². The standard InChI is InChI=1S/C21H24N4OS/c1-4-15(3)17-7-5-6-8-18(17)22-19(26)13-27-21-23-20(24-25-21)16-11-9-14(2)10-12-16/h5-12,15H,4,13H2,1-3H3,(H,22,26)(H,23,24,25)/t15-/m0/s1. The second-order valence-corrected chi connectivity index (χ2v) is 7.51. The summed E-state index contributed by atoms with van der Waals surface area (Å²) in [7, 11) is 0. The Morgan fingerprint density at radius 3 is 2.67 bits per heavy atom. The van der Waals surface area contributed by atoms with E-state index in [2.05, 4.69) is 40.4 Å². The lowest BCUT2D eigenvalue weighted by Crippen LogP contribution is -2.16. The molecule has 0 fully saturated rings. The Morgan fingerprint density at radius 1 is 1.19 bits per heavy atom. The van der Waals surface area contributed by atoms with Gasteiger partial charge in [0.15, 0.2) is 5.82 Å². The molecule has 1 amide bonds. The Kier molecular flexibility index (Phi) is 6.29. The Hall–Kier alpha value is -2.60. The van der Waals surface area contributed by atoms with Gasteiger partial charge in [0, 0.05) is 11.3 Å². The fourth-order valence-corrected chi connectivity index (χ4v) is 3.33. The van der Waals surface area contributed by atoms with Crippen LogP contribution in [0.4, 0.5) is 5.69 Å². The van der Waals surface area contributed by atoms with Gasteiger partial charge < -0.3 is 5.32 Å². The lowest BCUT2D eigenvalue weighted by Gasteiger charge is -2.15. The molecule has 5 nitrogen and oxygen atoms in total. The molecule has 1 aromatic heterocycles. The fourth-order valence-electron chi connectivity index (χ4n) is 2.73. The van der Waals surface area contributed by atoms with Crippen LogP contribution >= 0.6 is 11.8 Å². The number of anilines is 1. The molecular weight excluding hydrogens is 356 g/mol. The van der Waals surface area contributed by atoms with Crippen LogP contribution in [0.5, 0.6) is 0 Å². The molecule has 2 aromatic carbocycles. The van der Waals surface area contributed by atoms with Crippen LogP contribution < -0.4 is 5.32 Å². The lowest BCUT2D eigenvalue weighted by atomic mass is 9.97. The minimum absolute atomic E-state index is 0.0579. The van der Waals surface area contributed by atoms with E-state index < -0.39 is 0 Å². The molecule has 140 valence electrons. The zero-order chi connectivity index (χ0) is 19.2. The lowest BCUT2D eigenvalue weighted by molar-refractivity contribution is -0.113. The number of para-hydroxylation sites is 1. The van der Waals surface area contributed by atoms with Crippen LogP contribution in [0.3, 0.4) is 0 Å². The zero-order valence-corrected chi connectivity index (χ0v) is 16.6. The number of aromatic nitrogens is 3. The predicted octanol–water partition coefficient (Wildman–Crippen LogP) is 5.02. The minimum Gasteiger partial charge on any atom is -0.325 e. The SMILES string of the molecule is CC[C@H](C)c1ccccc1NC(=O)CSc1n[nH]c(-c2ccc(C)cc2)n1. The normalized spacial score (nSPS) is 12.0. The number of benzene rings is 2. The van der Waals surface area contributed by atoms with Crippen LogP contribution in [0.2, 0.25) is 0 Å². The van der Waals surface area contributed by atoms with Gasteiger partial charge in [0.1, 0.15) is 0 Å². The summed E-state index contributed by atoms with van der Waals surface area (Å²) >= 11 is 1.32. The maximum Gasteiger partial charge on any atom is 0.234 e. The van der Waals surface area contributed by atoms with Crippen LogP contribution in [-0.2, 0) is 4.79 Å². The first-order valence-corrected chi connectivity index (χ1v) is 10.1. The number of hydrogen-bond acceptors (Lipinski definition) is 4. The van der Waals surface area contributed by atoms with E-state index >= 15 is 0 Å². The first-order valence-electron chi connectivity index (χ1n) is 9.08. The smallest absolute Gasteiger partial charge is 0.234 e. The predicted molar refractivity (Wildman–Crippen MR) is 111 cm³/mol. The summed E-state index contributed by atoms with van der Waals surface area (Å²) in [5, 5.41) is 10.7. The number of nitrogens with one attached hydrogen (secondary N) is 2. The molecular formula is C21H24N4OS. The average Bonchev–Trinajstić information content (AvgIpc) is 3.16. The van der Waals surface area contributed by atoms with E-state index in [1.54, 1.807) is 0 Å². The van der Waals surface area contributed by atoms with E-state index in [4.69, 9.17) is 0 Å². The van der Waals surface area contributed by atoms with E-state index in [0.29, 0.717) is 16.9 Å². The Morgan fingerprint density at radius 2 is 1.93 bits per heavy atom. The van der Waals surface area contributed by atoms with Crippen molar-refractivity contribution in [1.82, 2.24) is 15.2 Å². The number of carbonyl (C=O) groups excluding carboxylic acids is 1. The number of aromatic amines is 1. The van der Waals surface area contributed by atoms with Gasteiger partial charge in [-0.15, -0.1) is 5.10 Å². The molecule has 0 radical (unpaired) electrons. The number of hydrogen-bond donors (Lipinski definition) is 2. The second-order valence-electron chi connectivity index (χ2n) is 6.57. The summed E-state index contributed by atoms with van der Waals surface area (Å²) < 4.78 is 0. The monoisotopic (exact) mass is 380 g/mol. The van der Waals surface area contributed by atoms with Crippen molar-refractivity contribution >= 4 is 23.4 Å². The molecule has 6 heteroatoms. The number of aryl methyl sites for hydroxylation is 1. The number of amides is 1. The maximum absolute atomic E-state index is 12.4. The molecule has 0 unspecified atom stereocenters. The number of nitrogens with zero attached hydrogens (tertiary/aromatic N) is 2. The Bertz CT molecular complexity index is 905. The molecule has 27 heavy (non-hydrogen) atoms. The summed E-state index contributed by atoms with van der Waals surface area (Å²) in [6, 6.07) is 16.0. The summed E-state index contributed by atoms with van der Waals surface area (Å²) in [6.07, 6.45) is 1.03. The molecule has 1 atom stereocenters. The summed E-state index contributed by atoms with van der Waals surface area (Å²) in [6.45, 7) is 6.36. The zero-order valence-electron chi connectivity index (χ0n) is 15.8. The van der Waals surface area contributed by atoms with Crippen molar-refractivity contribution in [3.05, 3.63) is 59.7 Å². The minimum atomic E-state index is -0.0579. The van der Waals surface area contributed by atoms with Crippen LogP contribution in [0.15, 0.2) is 53.7 Å². The van der Waals surface area contributed by atoms with E-state index in [0.717, 1.165) is 23.2 Å². The summed E-state index contributed by atoms with van der Waals surface area (Å²) in [5.41, 5.74) is 4.22. The maximum atomic E-state index is 12.4. The Balaban J connectivity index is 1.60. The van der Waals surface area contributed by atoms with Gasteiger partial charge >= 0.3 is 0 Å². The highest BCUT2D eigenvalue weighted by Gasteiger charge is 2.13. The Labute approximate surface area is 164 Å². The van der Waals surface area contributed by atoms with E-state index in [-0.39, 0.29) is 11.7 Å². The molecule has 3 aromatic rings. The van der Waals surface area contributed by atoms with Crippen molar-refractivity contribution in [3.8, 4) is 11.4 Å². The number of thioether (sulfide) groups is 1. The van der Waals surface area contributed by atoms with Gasteiger partial charge in [0.05, 0.1) is 5.75 Å². The topological polar surface area (TPSA) is 70.7 Å². The molecule has 1 heterocycles. The molecule has 0 saturated heterocycles. The largest absolute Gasteiger partial charge is 0.325 e. The third-order valence-electron chi connectivity index (χ3n) is 4.50. The number of rotatable bonds is 7. The first kappa shape index (κ1) is 19.2. The van der Waals surface area contributed by atoms with Gasteiger partial charge in [-0.2, -0.15) is 0 Å². The van der Waals surface area contributed by atoms with E-state index in [1.807, 2.05) is 49.4 Å². The molecule has 0 bridgehead atoms. The molecule has 0 aliphatic rings.